The van der Waals surface area contributed by atoms with Gasteiger partial charge >= 0.3 is 5.97 Å². The summed E-state index contributed by atoms with van der Waals surface area (Å²) in [4.78, 5) is 10.7. The van der Waals surface area contributed by atoms with E-state index < -0.39 is 5.97 Å². The summed E-state index contributed by atoms with van der Waals surface area (Å²) in [7, 11) is 0. The van der Waals surface area contributed by atoms with Crippen molar-refractivity contribution >= 4 is 5.97 Å². The molecule has 0 aliphatic carbocycles. The lowest BCUT2D eigenvalue weighted by atomic mass is 10.0. The lowest BCUT2D eigenvalue weighted by Crippen LogP contribution is -2.18. The second-order valence-electron chi connectivity index (χ2n) is 4.57. The zero-order valence-electron chi connectivity index (χ0n) is 11.0. The molecule has 0 saturated carbocycles. The van der Waals surface area contributed by atoms with Gasteiger partial charge in [0, 0.05) is 6.04 Å². The Bertz CT molecular complexity index is 574. The molecule has 1 atom stereocenters. The first kappa shape index (κ1) is 13.4. The van der Waals surface area contributed by atoms with E-state index in [0.717, 1.165) is 0 Å². The summed E-state index contributed by atoms with van der Waals surface area (Å²) in [5.41, 5.74) is 2.64. The maximum absolute atomic E-state index is 10.7. The summed E-state index contributed by atoms with van der Waals surface area (Å²) < 4.78 is 5.20. The van der Waals surface area contributed by atoms with Crippen LogP contribution in [-0.4, -0.2) is 11.1 Å². The smallest absolute Gasteiger partial charge is 0.338 e. The third kappa shape index (κ3) is 3.23. The van der Waals surface area contributed by atoms with Crippen molar-refractivity contribution in [3.8, 4) is 0 Å². The molecule has 0 aliphatic heterocycles. The fourth-order valence-corrected chi connectivity index (χ4v) is 2.02. The van der Waals surface area contributed by atoms with E-state index in [-0.39, 0.29) is 11.6 Å². The van der Waals surface area contributed by atoms with Crippen molar-refractivity contribution in [1.82, 2.24) is 5.32 Å². The quantitative estimate of drug-likeness (QED) is 0.866. The molecular formula is C15H17NO3. The highest BCUT2D eigenvalue weighted by molar-refractivity contribution is 5.87. The number of nitrogens with one attached hydrogen (secondary N) is 1. The van der Waals surface area contributed by atoms with Crippen LogP contribution in [0, 0.1) is 6.92 Å². The van der Waals surface area contributed by atoms with Crippen LogP contribution in [0.1, 0.15) is 40.2 Å². The Hall–Kier alpha value is -2.07. The van der Waals surface area contributed by atoms with Crippen molar-refractivity contribution in [3.05, 3.63) is 59.0 Å². The summed E-state index contributed by atoms with van der Waals surface area (Å²) in [5.74, 6) is -0.347. The first-order valence-corrected chi connectivity index (χ1v) is 6.17. The monoisotopic (exact) mass is 259 g/mol. The normalized spacial score (nSPS) is 12.3. The average Bonchev–Trinajstić information content (AvgIpc) is 2.85. The second-order valence-corrected chi connectivity index (χ2v) is 4.57. The SMILES string of the molecule is Cc1ccccc1[C@@H](C)NCc1cc(C(=O)O)co1. The molecule has 2 N–H and O–H groups in total. The summed E-state index contributed by atoms with van der Waals surface area (Å²) in [6, 6.07) is 9.90. The molecule has 4 nitrogen and oxygen atoms in total. The van der Waals surface area contributed by atoms with Crippen LogP contribution in [0.3, 0.4) is 0 Å². The average molecular weight is 259 g/mol. The number of hydrogen-bond acceptors (Lipinski definition) is 3. The highest BCUT2D eigenvalue weighted by Crippen LogP contribution is 2.17. The van der Waals surface area contributed by atoms with E-state index in [1.807, 2.05) is 12.1 Å². The second kappa shape index (κ2) is 5.71. The predicted molar refractivity (Wildman–Crippen MR) is 72.1 cm³/mol. The van der Waals surface area contributed by atoms with Gasteiger partial charge in [0.2, 0.25) is 0 Å². The van der Waals surface area contributed by atoms with Crippen molar-refractivity contribution in [2.24, 2.45) is 0 Å². The van der Waals surface area contributed by atoms with Crippen LogP contribution in [0.25, 0.3) is 0 Å². The maximum atomic E-state index is 10.7. The molecule has 0 bridgehead atoms. The molecule has 0 saturated heterocycles. The van der Waals surface area contributed by atoms with Gasteiger partial charge in [0.1, 0.15) is 12.0 Å². The van der Waals surface area contributed by atoms with Gasteiger partial charge in [0.05, 0.1) is 12.1 Å². The molecule has 1 heterocycles. The number of hydrogen-bond donors (Lipinski definition) is 2. The Kier molecular flexibility index (Phi) is 4.02. The third-order valence-electron chi connectivity index (χ3n) is 3.14. The van der Waals surface area contributed by atoms with Crippen molar-refractivity contribution in [2.45, 2.75) is 26.4 Å². The largest absolute Gasteiger partial charge is 0.478 e. The highest BCUT2D eigenvalue weighted by Gasteiger charge is 2.11. The van der Waals surface area contributed by atoms with Gasteiger partial charge in [-0.1, -0.05) is 24.3 Å². The van der Waals surface area contributed by atoms with Crippen molar-refractivity contribution in [1.29, 1.82) is 0 Å². The maximum Gasteiger partial charge on any atom is 0.338 e. The van der Waals surface area contributed by atoms with E-state index in [1.54, 1.807) is 6.07 Å². The standard InChI is InChI=1S/C15H17NO3/c1-10-5-3-4-6-14(10)11(2)16-8-13-7-12(9-19-13)15(17)18/h3-7,9,11,16H,8H2,1-2H3,(H,17,18)/t11-/m1/s1. The minimum atomic E-state index is -0.970. The molecule has 100 valence electrons. The number of rotatable bonds is 5. The molecule has 1 aromatic carbocycles. The van der Waals surface area contributed by atoms with E-state index >= 15 is 0 Å². The number of benzene rings is 1. The van der Waals surface area contributed by atoms with Crippen LogP contribution in [0.5, 0.6) is 0 Å². The molecule has 19 heavy (non-hydrogen) atoms. The molecule has 0 aliphatic rings. The molecule has 1 aromatic heterocycles. The van der Waals surface area contributed by atoms with E-state index in [0.29, 0.717) is 12.3 Å². The van der Waals surface area contributed by atoms with Gasteiger partial charge in [0.15, 0.2) is 0 Å². The van der Waals surface area contributed by atoms with Crippen LogP contribution in [-0.2, 0) is 6.54 Å². The van der Waals surface area contributed by atoms with Gasteiger partial charge in [-0.2, -0.15) is 0 Å². The minimum Gasteiger partial charge on any atom is -0.478 e. The number of aryl methyl sites for hydroxylation is 1. The Morgan fingerprint density at radius 2 is 2.16 bits per heavy atom. The van der Waals surface area contributed by atoms with Gasteiger partial charge in [-0.15, -0.1) is 0 Å². The summed E-state index contributed by atoms with van der Waals surface area (Å²) in [6.07, 6.45) is 1.26. The molecule has 0 radical (unpaired) electrons. The van der Waals surface area contributed by atoms with E-state index in [2.05, 4.69) is 31.3 Å². The number of carbonyl (C=O) groups is 1. The third-order valence-corrected chi connectivity index (χ3v) is 3.14. The van der Waals surface area contributed by atoms with Crippen molar-refractivity contribution in [2.75, 3.05) is 0 Å². The van der Waals surface area contributed by atoms with E-state index in [9.17, 15) is 4.79 Å². The number of carboxylic acids is 1. The molecule has 0 amide bonds. The fraction of sp³-hybridized carbons (Fsp3) is 0.267. The van der Waals surface area contributed by atoms with E-state index in [4.69, 9.17) is 9.52 Å². The highest BCUT2D eigenvalue weighted by atomic mass is 16.4. The Labute approximate surface area is 112 Å². The van der Waals surface area contributed by atoms with Crippen LogP contribution < -0.4 is 5.32 Å². The molecule has 0 fully saturated rings. The lowest BCUT2D eigenvalue weighted by Gasteiger charge is -2.15. The predicted octanol–water partition coefficient (Wildman–Crippen LogP) is 3.14. The van der Waals surface area contributed by atoms with Crippen LogP contribution in [0.15, 0.2) is 41.0 Å². The zero-order valence-corrected chi connectivity index (χ0v) is 11.0. The molecule has 2 aromatic rings. The Morgan fingerprint density at radius 3 is 2.79 bits per heavy atom. The van der Waals surface area contributed by atoms with E-state index in [1.165, 1.54) is 17.4 Å². The molecule has 0 spiro atoms. The van der Waals surface area contributed by atoms with Crippen molar-refractivity contribution < 1.29 is 14.3 Å². The van der Waals surface area contributed by atoms with Gasteiger partial charge in [-0.05, 0) is 31.0 Å². The van der Waals surface area contributed by atoms with Gasteiger partial charge in [0.25, 0.3) is 0 Å². The minimum absolute atomic E-state index is 0.180. The fourth-order valence-electron chi connectivity index (χ4n) is 2.02. The molecular weight excluding hydrogens is 242 g/mol. The summed E-state index contributed by atoms with van der Waals surface area (Å²) in [6.45, 7) is 4.65. The van der Waals surface area contributed by atoms with Crippen LogP contribution >= 0.6 is 0 Å². The Balaban J connectivity index is 1.98. The van der Waals surface area contributed by atoms with Crippen LogP contribution in [0.4, 0.5) is 0 Å². The summed E-state index contributed by atoms with van der Waals surface area (Å²) >= 11 is 0. The van der Waals surface area contributed by atoms with Gasteiger partial charge in [-0.3, -0.25) is 0 Å². The summed E-state index contributed by atoms with van der Waals surface area (Å²) in [5, 5.41) is 12.1. The molecule has 0 unspecified atom stereocenters. The molecule has 2 rings (SSSR count). The van der Waals surface area contributed by atoms with Crippen molar-refractivity contribution in [3.63, 3.8) is 0 Å². The van der Waals surface area contributed by atoms with Gasteiger partial charge < -0.3 is 14.8 Å². The first-order valence-electron chi connectivity index (χ1n) is 6.17. The number of furan rings is 1. The molecule has 4 heteroatoms. The number of aromatic carboxylic acids is 1. The number of carboxylic acid groups (broad SMARTS) is 1. The zero-order chi connectivity index (χ0) is 13.8. The lowest BCUT2D eigenvalue weighted by molar-refractivity contribution is 0.0696. The van der Waals surface area contributed by atoms with Gasteiger partial charge in [-0.25, -0.2) is 4.79 Å². The van der Waals surface area contributed by atoms with Crippen LogP contribution in [0.2, 0.25) is 0 Å². The topological polar surface area (TPSA) is 62.5 Å². The first-order chi connectivity index (χ1) is 9.08. The Morgan fingerprint density at radius 1 is 1.42 bits per heavy atom.